The van der Waals surface area contributed by atoms with Crippen LogP contribution in [-0.4, -0.2) is 22.7 Å². The van der Waals surface area contributed by atoms with Gasteiger partial charge in [-0.1, -0.05) is 12.1 Å². The van der Waals surface area contributed by atoms with E-state index in [4.69, 9.17) is 15.6 Å². The zero-order valence-electron chi connectivity index (χ0n) is 15.0. The summed E-state index contributed by atoms with van der Waals surface area (Å²) in [5, 5.41) is 28.9. The molecule has 1 fully saturated rings. The number of anilines is 1. The third-order valence-corrected chi connectivity index (χ3v) is 5.55. The van der Waals surface area contributed by atoms with E-state index in [1.165, 1.54) is 17.8 Å². The van der Waals surface area contributed by atoms with Crippen LogP contribution in [0.1, 0.15) is 58.0 Å². The molecule has 28 heavy (non-hydrogen) atoms. The highest BCUT2D eigenvalue weighted by Crippen LogP contribution is 2.38. The number of carbonyl (C=O) groups is 1. The molecule has 2 aromatic rings. The summed E-state index contributed by atoms with van der Waals surface area (Å²) >= 11 is 1.29. The molecular weight excluding hydrogens is 376 g/mol. The number of carboxylic acid groups (broad SMARTS) is 1. The molecule has 7 nitrogen and oxygen atoms in total. The van der Waals surface area contributed by atoms with Gasteiger partial charge < -0.3 is 15.6 Å². The van der Waals surface area contributed by atoms with E-state index in [2.05, 4.69) is 17.1 Å². The monoisotopic (exact) mass is 394 g/mol. The van der Waals surface area contributed by atoms with Crippen molar-refractivity contribution in [3.63, 3.8) is 0 Å². The van der Waals surface area contributed by atoms with Gasteiger partial charge in [0.15, 0.2) is 0 Å². The van der Waals surface area contributed by atoms with E-state index in [0.717, 1.165) is 24.8 Å². The second kappa shape index (κ2) is 8.75. The van der Waals surface area contributed by atoms with E-state index < -0.39 is 5.97 Å². The molecule has 1 aliphatic rings. The molecule has 3 N–H and O–H groups in total. The van der Waals surface area contributed by atoms with Crippen LogP contribution in [0.2, 0.25) is 0 Å². The number of hydrogen-bond acceptors (Lipinski definition) is 7. The van der Waals surface area contributed by atoms with Crippen molar-refractivity contribution in [3.8, 4) is 12.1 Å². The summed E-state index contributed by atoms with van der Waals surface area (Å²) in [6, 6.07) is 10.8. The van der Waals surface area contributed by atoms with Gasteiger partial charge in [0, 0.05) is 17.9 Å². The summed E-state index contributed by atoms with van der Waals surface area (Å²) < 4.78 is 5.80. The van der Waals surface area contributed by atoms with Gasteiger partial charge in [-0.3, -0.25) is 0 Å². The fourth-order valence-corrected chi connectivity index (χ4v) is 4.11. The second-order valence-corrected chi connectivity index (χ2v) is 7.30. The van der Waals surface area contributed by atoms with E-state index >= 15 is 0 Å². The molecule has 3 rings (SSSR count). The average Bonchev–Trinajstić information content (AvgIpc) is 2.72. The van der Waals surface area contributed by atoms with Gasteiger partial charge in [0.2, 0.25) is 0 Å². The Balaban J connectivity index is 1.96. The molecule has 1 unspecified atom stereocenters. The summed E-state index contributed by atoms with van der Waals surface area (Å²) in [7, 11) is 0. The first kappa shape index (κ1) is 19.7. The minimum Gasteiger partial charge on any atom is -0.478 e. The third-order valence-electron chi connectivity index (χ3n) is 4.51. The first-order chi connectivity index (χ1) is 13.5. The van der Waals surface area contributed by atoms with Crippen molar-refractivity contribution in [1.82, 2.24) is 4.98 Å². The lowest BCUT2D eigenvalue weighted by molar-refractivity contribution is 0.0145. The fraction of sp³-hybridized carbons (Fsp3) is 0.300. The maximum atomic E-state index is 11.1. The number of benzene rings is 1. The van der Waals surface area contributed by atoms with Gasteiger partial charge >= 0.3 is 5.97 Å². The largest absolute Gasteiger partial charge is 0.478 e. The normalized spacial score (nSPS) is 16.1. The molecule has 8 heteroatoms. The Hall–Kier alpha value is -3.07. The summed E-state index contributed by atoms with van der Waals surface area (Å²) in [6.45, 7) is 0.576. The zero-order valence-corrected chi connectivity index (χ0v) is 15.8. The van der Waals surface area contributed by atoms with Gasteiger partial charge in [-0.2, -0.15) is 10.5 Å². The number of hydrogen-bond donors (Lipinski definition) is 2. The van der Waals surface area contributed by atoms with Crippen LogP contribution in [0.4, 0.5) is 5.82 Å². The van der Waals surface area contributed by atoms with Crippen molar-refractivity contribution in [2.45, 2.75) is 36.1 Å². The molecule has 0 saturated carbocycles. The summed E-state index contributed by atoms with van der Waals surface area (Å²) in [5.74, 6) is -0.506. The predicted molar refractivity (Wildman–Crippen MR) is 104 cm³/mol. The van der Waals surface area contributed by atoms with Gasteiger partial charge in [0.1, 0.15) is 28.5 Å². The Bertz CT molecular complexity index is 988. The van der Waals surface area contributed by atoms with Crippen molar-refractivity contribution in [1.29, 1.82) is 10.5 Å². The van der Waals surface area contributed by atoms with E-state index in [1.54, 1.807) is 12.1 Å². The van der Waals surface area contributed by atoms with Gasteiger partial charge in [-0.15, -0.1) is 11.8 Å². The number of nitriles is 2. The molecule has 1 aromatic carbocycles. The number of aromatic nitrogens is 1. The number of thioether (sulfide) groups is 1. The van der Waals surface area contributed by atoms with Crippen LogP contribution in [0.15, 0.2) is 29.3 Å². The first-order valence-electron chi connectivity index (χ1n) is 8.75. The highest BCUT2D eigenvalue weighted by Gasteiger charge is 2.27. The molecule has 1 aliphatic heterocycles. The molecule has 1 atom stereocenters. The van der Waals surface area contributed by atoms with Crippen LogP contribution in [0.3, 0.4) is 0 Å². The van der Waals surface area contributed by atoms with Crippen LogP contribution in [-0.2, 0) is 10.5 Å². The summed E-state index contributed by atoms with van der Waals surface area (Å²) in [6.07, 6.45) is 2.27. The number of ether oxygens (including phenoxy) is 1. The lowest BCUT2D eigenvalue weighted by atomic mass is 9.94. The molecular formula is C20H18N4O3S. The molecule has 142 valence electrons. The standard InChI is InChI=1S/C20H18N4O3S/c21-9-14-17(16-6-1-2-7-27-16)15(10-22)19(24-18(14)23)28-11-12-4-3-5-13(8-12)20(25)26/h3-5,8,16H,1-2,6-7,11H2,(H2,23,24)(H,25,26). The van der Waals surface area contributed by atoms with Crippen LogP contribution in [0, 0.1) is 22.7 Å². The zero-order chi connectivity index (χ0) is 20.1. The maximum Gasteiger partial charge on any atom is 0.335 e. The quantitative estimate of drug-likeness (QED) is 0.734. The third kappa shape index (κ3) is 4.09. The van der Waals surface area contributed by atoms with Crippen LogP contribution < -0.4 is 5.73 Å². The Labute approximate surface area is 166 Å². The topological polar surface area (TPSA) is 133 Å². The number of aromatic carboxylic acids is 1. The average molecular weight is 394 g/mol. The number of nitrogens with zero attached hydrogens (tertiary/aromatic N) is 3. The molecule has 0 radical (unpaired) electrons. The van der Waals surface area contributed by atoms with Crippen LogP contribution in [0.5, 0.6) is 0 Å². The van der Waals surface area contributed by atoms with Gasteiger partial charge in [0.05, 0.1) is 17.2 Å². The minimum absolute atomic E-state index is 0.0764. The first-order valence-corrected chi connectivity index (χ1v) is 9.74. The Morgan fingerprint density at radius 1 is 1.32 bits per heavy atom. The van der Waals surface area contributed by atoms with Crippen molar-refractivity contribution < 1.29 is 14.6 Å². The van der Waals surface area contributed by atoms with Crippen molar-refractivity contribution in [2.75, 3.05) is 12.3 Å². The van der Waals surface area contributed by atoms with E-state index in [0.29, 0.717) is 28.5 Å². The fourth-order valence-electron chi connectivity index (χ4n) is 3.17. The number of rotatable bonds is 5. The Morgan fingerprint density at radius 3 is 2.75 bits per heavy atom. The van der Waals surface area contributed by atoms with Crippen molar-refractivity contribution >= 4 is 23.5 Å². The van der Waals surface area contributed by atoms with E-state index in [-0.39, 0.29) is 23.0 Å². The minimum atomic E-state index is -0.998. The molecule has 0 aliphatic carbocycles. The molecule has 2 heterocycles. The van der Waals surface area contributed by atoms with Gasteiger partial charge in [-0.25, -0.2) is 9.78 Å². The maximum absolute atomic E-state index is 11.1. The van der Waals surface area contributed by atoms with Crippen molar-refractivity contribution in [3.05, 3.63) is 52.1 Å². The molecule has 0 spiro atoms. The molecule has 0 amide bonds. The highest BCUT2D eigenvalue weighted by atomic mass is 32.2. The lowest BCUT2D eigenvalue weighted by Crippen LogP contribution is -2.16. The van der Waals surface area contributed by atoms with Gasteiger partial charge in [-0.05, 0) is 37.0 Å². The summed E-state index contributed by atoms with van der Waals surface area (Å²) in [5.41, 5.74) is 8.00. The smallest absolute Gasteiger partial charge is 0.335 e. The Kier molecular flexibility index (Phi) is 6.15. The highest BCUT2D eigenvalue weighted by molar-refractivity contribution is 7.98. The number of nitrogen functional groups attached to an aromatic ring is 1. The lowest BCUT2D eigenvalue weighted by Gasteiger charge is -2.25. The summed E-state index contributed by atoms with van der Waals surface area (Å²) in [4.78, 5) is 15.4. The molecule has 1 aromatic heterocycles. The number of carboxylic acids is 1. The Morgan fingerprint density at radius 2 is 2.11 bits per heavy atom. The predicted octanol–water partition coefficient (Wildman–Crippen LogP) is 3.64. The molecule has 1 saturated heterocycles. The van der Waals surface area contributed by atoms with E-state index in [1.807, 2.05) is 6.07 Å². The van der Waals surface area contributed by atoms with Crippen LogP contribution in [0.25, 0.3) is 0 Å². The number of pyridine rings is 1. The van der Waals surface area contributed by atoms with Crippen LogP contribution >= 0.6 is 11.8 Å². The second-order valence-electron chi connectivity index (χ2n) is 6.34. The van der Waals surface area contributed by atoms with Crippen molar-refractivity contribution in [2.24, 2.45) is 0 Å². The van der Waals surface area contributed by atoms with E-state index in [9.17, 15) is 15.3 Å². The van der Waals surface area contributed by atoms with Gasteiger partial charge in [0.25, 0.3) is 0 Å². The number of nitrogens with two attached hydrogens (primary N) is 1. The molecule has 0 bridgehead atoms. The SMILES string of the molecule is N#Cc1c(N)nc(SCc2cccc(C(=O)O)c2)c(C#N)c1C1CCCCO1.